The number of hydrogen-bond acceptors (Lipinski definition) is 0. The number of benzene rings is 3. The van der Waals surface area contributed by atoms with Crippen molar-refractivity contribution in [2.45, 2.75) is 4.46 Å². The molecule has 0 aliphatic rings. The van der Waals surface area contributed by atoms with Gasteiger partial charge in [0.15, 0.2) is 8.07 Å². The third-order valence-electron chi connectivity index (χ3n) is 4.01. The van der Waals surface area contributed by atoms with Gasteiger partial charge in [-0.3, -0.25) is 0 Å². The molecule has 3 rings (SSSR count). The highest BCUT2D eigenvalue weighted by Gasteiger charge is 2.45. The van der Waals surface area contributed by atoms with Crippen LogP contribution in [0.5, 0.6) is 0 Å². The zero-order valence-corrected chi connectivity index (χ0v) is 14.5. The van der Waals surface area contributed by atoms with Crippen LogP contribution in [0.3, 0.4) is 0 Å². The van der Waals surface area contributed by atoms with Crippen LogP contribution < -0.4 is 15.6 Å². The lowest BCUT2D eigenvalue weighted by atomic mass is 10.3. The lowest BCUT2D eigenvalue weighted by Gasteiger charge is -2.34. The van der Waals surface area contributed by atoms with E-state index in [9.17, 15) is 0 Å². The van der Waals surface area contributed by atoms with Crippen LogP contribution in [0.1, 0.15) is 0 Å². The third-order valence-corrected chi connectivity index (χ3v) is 10.4. The molecule has 0 N–H and O–H groups in total. The number of hydrogen-bond donors (Lipinski definition) is 0. The third kappa shape index (κ3) is 2.61. The van der Waals surface area contributed by atoms with E-state index in [1.807, 2.05) is 18.2 Å². The summed E-state index contributed by atoms with van der Waals surface area (Å²) >= 11 is 13.3. The second-order valence-electron chi connectivity index (χ2n) is 5.21. The van der Waals surface area contributed by atoms with Gasteiger partial charge >= 0.3 is 0 Å². The first kappa shape index (κ1) is 15.4. The maximum atomic E-state index is 6.63. The Morgan fingerprint density at radius 2 is 0.773 bits per heavy atom. The molecule has 0 aliphatic heterocycles. The van der Waals surface area contributed by atoms with Gasteiger partial charge in [0.25, 0.3) is 0 Å². The maximum Gasteiger partial charge on any atom is 0.184 e. The lowest BCUT2D eigenvalue weighted by Crippen LogP contribution is -2.71. The zero-order valence-electron chi connectivity index (χ0n) is 12.0. The predicted octanol–water partition coefficient (Wildman–Crippen LogP) is 3.50. The van der Waals surface area contributed by atoms with Crippen molar-refractivity contribution >= 4 is 46.8 Å². The molecule has 0 bridgehead atoms. The standard InChI is InChI=1S/C19H16Cl2Si/c20-19(21)22(16-10-4-1-5-11-16,17-12-6-2-7-13-17)18-14-8-3-9-15-18/h1-15,19H. The van der Waals surface area contributed by atoms with Crippen molar-refractivity contribution in [3.63, 3.8) is 0 Å². The van der Waals surface area contributed by atoms with Crippen LogP contribution >= 0.6 is 23.2 Å². The molecule has 110 valence electrons. The van der Waals surface area contributed by atoms with Crippen molar-refractivity contribution in [2.24, 2.45) is 0 Å². The Balaban J connectivity index is 2.34. The van der Waals surface area contributed by atoms with Crippen LogP contribution in [0.2, 0.25) is 0 Å². The minimum Gasteiger partial charge on any atom is -0.108 e. The van der Waals surface area contributed by atoms with E-state index in [-0.39, 0.29) is 0 Å². The van der Waals surface area contributed by atoms with Gasteiger partial charge in [0.05, 0.1) is 0 Å². The predicted molar refractivity (Wildman–Crippen MR) is 99.5 cm³/mol. The topological polar surface area (TPSA) is 0 Å². The molecule has 3 heteroatoms. The molecule has 0 fully saturated rings. The zero-order chi connectivity index (χ0) is 15.4. The molecule has 0 nitrogen and oxygen atoms in total. The Hall–Kier alpha value is -1.54. The Morgan fingerprint density at radius 3 is 1.00 bits per heavy atom. The molecule has 0 heterocycles. The summed E-state index contributed by atoms with van der Waals surface area (Å²) in [4.78, 5) is 0. The average Bonchev–Trinajstić information content (AvgIpc) is 2.58. The molecule has 0 amide bonds. The highest BCUT2D eigenvalue weighted by Crippen LogP contribution is 2.20. The molecule has 0 atom stereocenters. The smallest absolute Gasteiger partial charge is 0.108 e. The van der Waals surface area contributed by atoms with Crippen LogP contribution in [-0.4, -0.2) is 12.5 Å². The fraction of sp³-hybridized carbons (Fsp3) is 0.0526. The van der Waals surface area contributed by atoms with Crippen LogP contribution in [0.4, 0.5) is 0 Å². The summed E-state index contributed by atoms with van der Waals surface area (Å²) in [7, 11) is -2.47. The van der Waals surface area contributed by atoms with Gasteiger partial charge in [-0.15, -0.1) is 23.2 Å². The molecule has 0 saturated heterocycles. The van der Waals surface area contributed by atoms with Gasteiger partial charge in [-0.05, 0) is 15.6 Å². The fourth-order valence-corrected chi connectivity index (χ4v) is 9.16. The monoisotopic (exact) mass is 342 g/mol. The van der Waals surface area contributed by atoms with Gasteiger partial charge in [-0.25, -0.2) is 0 Å². The van der Waals surface area contributed by atoms with Gasteiger partial charge in [-0.1, -0.05) is 91.0 Å². The summed E-state index contributed by atoms with van der Waals surface area (Å²) in [6.07, 6.45) is 0. The highest BCUT2D eigenvalue weighted by atomic mass is 35.5. The summed E-state index contributed by atoms with van der Waals surface area (Å²) in [6.45, 7) is 0. The first-order chi connectivity index (χ1) is 10.8. The summed E-state index contributed by atoms with van der Waals surface area (Å²) in [5.41, 5.74) is 0. The molecule has 0 unspecified atom stereocenters. The summed E-state index contributed by atoms with van der Waals surface area (Å²) < 4.78 is -0.473. The van der Waals surface area contributed by atoms with Crippen molar-refractivity contribution in [3.8, 4) is 0 Å². The quantitative estimate of drug-likeness (QED) is 0.386. The largest absolute Gasteiger partial charge is 0.184 e. The van der Waals surface area contributed by atoms with Gasteiger partial charge in [-0.2, -0.15) is 0 Å². The van der Waals surface area contributed by atoms with Crippen molar-refractivity contribution in [1.29, 1.82) is 0 Å². The van der Waals surface area contributed by atoms with Crippen LogP contribution in [0.15, 0.2) is 91.0 Å². The van der Waals surface area contributed by atoms with E-state index in [1.54, 1.807) is 0 Å². The second-order valence-corrected chi connectivity index (χ2v) is 11.0. The molecule has 22 heavy (non-hydrogen) atoms. The first-order valence-electron chi connectivity index (χ1n) is 7.21. The Labute approximate surface area is 142 Å². The van der Waals surface area contributed by atoms with Gasteiger partial charge in [0.1, 0.15) is 4.46 Å². The van der Waals surface area contributed by atoms with Crippen molar-refractivity contribution in [2.75, 3.05) is 0 Å². The van der Waals surface area contributed by atoms with E-state index in [0.717, 1.165) is 0 Å². The highest BCUT2D eigenvalue weighted by molar-refractivity contribution is 7.18. The van der Waals surface area contributed by atoms with Crippen LogP contribution in [0.25, 0.3) is 0 Å². The number of alkyl halides is 2. The van der Waals surface area contributed by atoms with Crippen molar-refractivity contribution in [3.05, 3.63) is 91.0 Å². The molecule has 0 radical (unpaired) electrons. The van der Waals surface area contributed by atoms with Crippen molar-refractivity contribution < 1.29 is 0 Å². The minimum absolute atomic E-state index is 0.473. The van der Waals surface area contributed by atoms with Crippen LogP contribution in [-0.2, 0) is 0 Å². The molecule has 3 aromatic rings. The normalized spacial score (nSPS) is 11.6. The number of rotatable bonds is 4. The molecule has 0 aromatic heterocycles. The van der Waals surface area contributed by atoms with Gasteiger partial charge in [0.2, 0.25) is 0 Å². The maximum absolute atomic E-state index is 6.63. The van der Waals surface area contributed by atoms with E-state index in [2.05, 4.69) is 72.8 Å². The second kappa shape index (κ2) is 6.70. The van der Waals surface area contributed by atoms with Crippen LogP contribution in [0, 0.1) is 0 Å². The summed E-state index contributed by atoms with van der Waals surface area (Å²) in [6, 6.07) is 31.3. The number of halogens is 2. The average molecular weight is 343 g/mol. The molecule has 3 aromatic carbocycles. The molecular weight excluding hydrogens is 327 g/mol. The van der Waals surface area contributed by atoms with Gasteiger partial charge in [0, 0.05) is 0 Å². The van der Waals surface area contributed by atoms with E-state index < -0.39 is 12.5 Å². The molecular formula is C19H16Cl2Si. The Kier molecular flexibility index (Phi) is 4.68. The molecule has 0 spiro atoms. The summed E-state index contributed by atoms with van der Waals surface area (Å²) in [5, 5.41) is 3.67. The summed E-state index contributed by atoms with van der Waals surface area (Å²) in [5.74, 6) is 0. The molecule has 0 saturated carbocycles. The van der Waals surface area contributed by atoms with E-state index in [0.29, 0.717) is 0 Å². The Bertz CT molecular complexity index is 616. The van der Waals surface area contributed by atoms with E-state index >= 15 is 0 Å². The first-order valence-corrected chi connectivity index (χ1v) is 10.2. The van der Waals surface area contributed by atoms with E-state index in [1.165, 1.54) is 15.6 Å². The van der Waals surface area contributed by atoms with E-state index in [4.69, 9.17) is 23.2 Å². The molecule has 0 aliphatic carbocycles. The lowest BCUT2D eigenvalue weighted by molar-refractivity contribution is 1.61. The SMILES string of the molecule is ClC(Cl)[Si](c1ccccc1)(c1ccccc1)c1ccccc1. The van der Waals surface area contributed by atoms with Crippen molar-refractivity contribution in [1.82, 2.24) is 0 Å². The fourth-order valence-electron chi connectivity index (χ4n) is 2.98. The minimum atomic E-state index is -2.47. The Morgan fingerprint density at radius 1 is 0.500 bits per heavy atom. The van der Waals surface area contributed by atoms with Gasteiger partial charge < -0.3 is 0 Å².